The molecular formula is C11H17NO5S. The molecule has 0 aromatic heterocycles. The van der Waals surface area contributed by atoms with Crippen LogP contribution in [-0.4, -0.2) is 40.6 Å². The molecule has 0 saturated heterocycles. The van der Waals surface area contributed by atoms with E-state index >= 15 is 0 Å². The molecule has 0 amide bonds. The van der Waals surface area contributed by atoms with Crippen molar-refractivity contribution >= 4 is 9.84 Å². The maximum atomic E-state index is 11.8. The predicted octanol–water partition coefficient (Wildman–Crippen LogP) is 0.0994. The standard InChI is InChI=1S/C11H17NO5S/c1-16-8-4-5-9(17-2)11(18(3,14)15)10(8)7(12)6-13/h4-5,7,13H,6,12H2,1-3H3. The van der Waals surface area contributed by atoms with Crippen LogP contribution in [-0.2, 0) is 9.84 Å². The number of aliphatic hydroxyl groups is 1. The van der Waals surface area contributed by atoms with Crippen LogP contribution in [0.2, 0.25) is 0 Å². The summed E-state index contributed by atoms with van der Waals surface area (Å²) < 4.78 is 33.8. The molecule has 0 radical (unpaired) electrons. The Balaban J connectivity index is 3.70. The summed E-state index contributed by atoms with van der Waals surface area (Å²) in [5, 5.41) is 9.15. The van der Waals surface area contributed by atoms with Gasteiger partial charge in [-0.2, -0.15) is 0 Å². The third kappa shape index (κ3) is 2.74. The Hall–Kier alpha value is -1.31. The van der Waals surface area contributed by atoms with Crippen LogP contribution < -0.4 is 15.2 Å². The molecule has 1 unspecified atom stereocenters. The van der Waals surface area contributed by atoms with E-state index in [-0.39, 0.29) is 16.2 Å². The minimum Gasteiger partial charge on any atom is -0.496 e. The fraction of sp³-hybridized carbons (Fsp3) is 0.455. The highest BCUT2D eigenvalue weighted by molar-refractivity contribution is 7.90. The van der Waals surface area contributed by atoms with E-state index in [4.69, 9.17) is 20.3 Å². The van der Waals surface area contributed by atoms with Crippen LogP contribution >= 0.6 is 0 Å². The summed E-state index contributed by atoms with van der Waals surface area (Å²) in [7, 11) is -0.790. The molecule has 0 heterocycles. The van der Waals surface area contributed by atoms with Crippen LogP contribution in [0.4, 0.5) is 0 Å². The number of ether oxygens (including phenoxy) is 2. The number of aliphatic hydroxyl groups excluding tert-OH is 1. The van der Waals surface area contributed by atoms with Crippen molar-refractivity contribution in [2.24, 2.45) is 5.73 Å². The first-order valence-electron chi connectivity index (χ1n) is 5.18. The van der Waals surface area contributed by atoms with E-state index in [1.165, 1.54) is 20.3 Å². The van der Waals surface area contributed by atoms with Crippen molar-refractivity contribution < 1.29 is 23.0 Å². The van der Waals surface area contributed by atoms with Gasteiger partial charge in [0.15, 0.2) is 9.84 Å². The number of sulfone groups is 1. The smallest absolute Gasteiger partial charge is 0.179 e. The molecule has 18 heavy (non-hydrogen) atoms. The highest BCUT2D eigenvalue weighted by Gasteiger charge is 2.26. The van der Waals surface area contributed by atoms with Crippen LogP contribution in [0, 0.1) is 0 Å². The molecule has 1 atom stereocenters. The minimum atomic E-state index is -3.56. The summed E-state index contributed by atoms with van der Waals surface area (Å²) in [6.45, 7) is -0.397. The number of benzene rings is 1. The topological polar surface area (TPSA) is 98.9 Å². The van der Waals surface area contributed by atoms with Gasteiger partial charge in [-0.15, -0.1) is 0 Å². The highest BCUT2D eigenvalue weighted by atomic mass is 32.2. The molecule has 0 fully saturated rings. The molecule has 1 aromatic rings. The largest absolute Gasteiger partial charge is 0.496 e. The van der Waals surface area contributed by atoms with Crippen molar-refractivity contribution in [3.8, 4) is 11.5 Å². The monoisotopic (exact) mass is 275 g/mol. The zero-order chi connectivity index (χ0) is 13.9. The number of rotatable bonds is 5. The van der Waals surface area contributed by atoms with Gasteiger partial charge in [0.2, 0.25) is 0 Å². The predicted molar refractivity (Wildman–Crippen MR) is 66.7 cm³/mol. The molecule has 1 rings (SSSR count). The van der Waals surface area contributed by atoms with Crippen LogP contribution in [0.5, 0.6) is 11.5 Å². The lowest BCUT2D eigenvalue weighted by Gasteiger charge is -2.19. The molecule has 0 aliphatic rings. The van der Waals surface area contributed by atoms with Crippen LogP contribution in [0.15, 0.2) is 17.0 Å². The van der Waals surface area contributed by atoms with Gasteiger partial charge in [-0.05, 0) is 12.1 Å². The van der Waals surface area contributed by atoms with Crippen molar-refractivity contribution in [1.29, 1.82) is 0 Å². The second kappa shape index (κ2) is 5.55. The lowest BCUT2D eigenvalue weighted by Crippen LogP contribution is -2.19. The van der Waals surface area contributed by atoms with Crippen LogP contribution in [0.3, 0.4) is 0 Å². The van der Waals surface area contributed by atoms with E-state index in [0.717, 1.165) is 6.26 Å². The van der Waals surface area contributed by atoms with Gasteiger partial charge in [0, 0.05) is 11.8 Å². The van der Waals surface area contributed by atoms with Gasteiger partial charge < -0.3 is 20.3 Å². The summed E-state index contributed by atoms with van der Waals surface area (Å²) in [6, 6.07) is 2.18. The van der Waals surface area contributed by atoms with Crippen LogP contribution in [0.25, 0.3) is 0 Å². The Morgan fingerprint density at radius 3 is 2.17 bits per heavy atom. The van der Waals surface area contributed by atoms with E-state index in [0.29, 0.717) is 5.75 Å². The Labute approximate surface area is 106 Å². The fourth-order valence-corrected chi connectivity index (χ4v) is 2.89. The number of nitrogens with two attached hydrogens (primary N) is 1. The molecule has 0 bridgehead atoms. The third-order valence-corrected chi connectivity index (χ3v) is 3.66. The maximum Gasteiger partial charge on any atom is 0.179 e. The number of hydrogen-bond donors (Lipinski definition) is 2. The number of hydrogen-bond acceptors (Lipinski definition) is 6. The van der Waals surface area contributed by atoms with Crippen molar-refractivity contribution in [2.75, 3.05) is 27.1 Å². The quantitative estimate of drug-likeness (QED) is 0.790. The second-order valence-corrected chi connectivity index (χ2v) is 5.73. The highest BCUT2D eigenvalue weighted by Crippen LogP contribution is 2.37. The zero-order valence-electron chi connectivity index (χ0n) is 10.5. The Morgan fingerprint density at radius 1 is 1.28 bits per heavy atom. The van der Waals surface area contributed by atoms with E-state index in [2.05, 4.69) is 0 Å². The van der Waals surface area contributed by atoms with E-state index < -0.39 is 22.5 Å². The maximum absolute atomic E-state index is 11.8. The average Bonchev–Trinajstić information content (AvgIpc) is 2.34. The summed E-state index contributed by atoms with van der Waals surface area (Å²) in [6.07, 6.45) is 1.05. The minimum absolute atomic E-state index is 0.0501. The summed E-state index contributed by atoms with van der Waals surface area (Å²) in [5.41, 5.74) is 5.97. The Bertz CT molecular complexity index is 526. The lowest BCUT2D eigenvalue weighted by atomic mass is 10.1. The first kappa shape index (κ1) is 14.7. The SMILES string of the molecule is COc1ccc(OC)c(S(C)(=O)=O)c1C(N)CO. The lowest BCUT2D eigenvalue weighted by molar-refractivity contribution is 0.262. The molecule has 102 valence electrons. The molecular weight excluding hydrogens is 258 g/mol. The van der Waals surface area contributed by atoms with Gasteiger partial charge >= 0.3 is 0 Å². The molecule has 0 saturated carbocycles. The van der Waals surface area contributed by atoms with Crippen molar-refractivity contribution in [2.45, 2.75) is 10.9 Å². The molecule has 0 aliphatic heterocycles. The van der Waals surface area contributed by atoms with Gasteiger partial charge in [0.25, 0.3) is 0 Å². The summed E-state index contributed by atoms with van der Waals surface area (Å²) in [4.78, 5) is -0.0501. The first-order chi connectivity index (χ1) is 8.36. The molecule has 3 N–H and O–H groups in total. The summed E-state index contributed by atoms with van der Waals surface area (Å²) in [5.74, 6) is 0.481. The molecule has 7 heteroatoms. The fourth-order valence-electron chi connectivity index (χ4n) is 1.73. The third-order valence-electron chi connectivity index (χ3n) is 2.50. The van der Waals surface area contributed by atoms with Crippen molar-refractivity contribution in [3.05, 3.63) is 17.7 Å². The second-order valence-electron chi connectivity index (χ2n) is 3.77. The van der Waals surface area contributed by atoms with E-state index in [1.54, 1.807) is 6.07 Å². The van der Waals surface area contributed by atoms with Gasteiger partial charge in [0.1, 0.15) is 16.4 Å². The Morgan fingerprint density at radius 2 is 1.78 bits per heavy atom. The molecule has 0 aliphatic carbocycles. The van der Waals surface area contributed by atoms with Crippen molar-refractivity contribution in [3.63, 3.8) is 0 Å². The number of methoxy groups -OCH3 is 2. The summed E-state index contributed by atoms with van der Waals surface area (Å²) >= 11 is 0. The first-order valence-corrected chi connectivity index (χ1v) is 7.07. The van der Waals surface area contributed by atoms with Crippen LogP contribution in [0.1, 0.15) is 11.6 Å². The van der Waals surface area contributed by atoms with Gasteiger partial charge in [-0.1, -0.05) is 0 Å². The van der Waals surface area contributed by atoms with E-state index in [9.17, 15) is 8.42 Å². The molecule has 0 spiro atoms. The zero-order valence-corrected chi connectivity index (χ0v) is 11.3. The Kier molecular flexibility index (Phi) is 4.55. The normalized spacial score (nSPS) is 13.2. The molecule has 6 nitrogen and oxygen atoms in total. The van der Waals surface area contributed by atoms with Crippen molar-refractivity contribution in [1.82, 2.24) is 0 Å². The molecule has 1 aromatic carbocycles. The van der Waals surface area contributed by atoms with Gasteiger partial charge in [-0.3, -0.25) is 0 Å². The average molecular weight is 275 g/mol. The van der Waals surface area contributed by atoms with Gasteiger partial charge in [-0.25, -0.2) is 8.42 Å². The van der Waals surface area contributed by atoms with E-state index in [1.807, 2.05) is 0 Å². The van der Waals surface area contributed by atoms with Gasteiger partial charge in [0.05, 0.1) is 26.9 Å².